The second kappa shape index (κ2) is 9.08. The summed E-state index contributed by atoms with van der Waals surface area (Å²) >= 11 is 0. The summed E-state index contributed by atoms with van der Waals surface area (Å²) in [6.07, 6.45) is 0.716. The van der Waals surface area contributed by atoms with Crippen LogP contribution >= 0.6 is 0 Å². The predicted molar refractivity (Wildman–Crippen MR) is 116 cm³/mol. The van der Waals surface area contributed by atoms with Gasteiger partial charge in [0.1, 0.15) is 5.75 Å². The van der Waals surface area contributed by atoms with E-state index in [1.54, 1.807) is 18.2 Å². The Hall–Kier alpha value is -3.03. The average Bonchev–Trinajstić information content (AvgIpc) is 3.33. The Balaban J connectivity index is 1.51. The molecule has 5 nitrogen and oxygen atoms in total. The van der Waals surface area contributed by atoms with Crippen LogP contribution in [-0.4, -0.2) is 23.3 Å². The standard InChI is InChI=1S/C25H26F3NO4/c26-25(27,28)33-20-10-8-18(9-11-20)21(17-5-1-2-6-17)22(30)29-19-7-3-4-16(14-19)15-24(12-13-24)23(31)32/h3-4,7-11,14,17,21H,1-2,5-6,12-13,15H2,(H,29,30)(H,31,32). The van der Waals surface area contributed by atoms with Crippen molar-refractivity contribution >= 4 is 17.6 Å². The van der Waals surface area contributed by atoms with Crippen molar-refractivity contribution in [1.82, 2.24) is 0 Å². The first-order valence-electron chi connectivity index (χ1n) is 11.1. The normalized spacial score (nSPS) is 18.5. The number of hydrogen-bond donors (Lipinski definition) is 2. The van der Waals surface area contributed by atoms with Crippen molar-refractivity contribution in [2.75, 3.05) is 5.32 Å². The first-order valence-corrected chi connectivity index (χ1v) is 11.1. The molecule has 2 aliphatic rings. The Bertz CT molecular complexity index is 1010. The number of carbonyl (C=O) groups excluding carboxylic acids is 1. The molecule has 0 aromatic heterocycles. The van der Waals surface area contributed by atoms with Crippen LogP contribution in [0.3, 0.4) is 0 Å². The van der Waals surface area contributed by atoms with Gasteiger partial charge >= 0.3 is 12.3 Å². The van der Waals surface area contributed by atoms with E-state index in [4.69, 9.17) is 0 Å². The SMILES string of the molecule is O=C(Nc1cccc(CC2(C(=O)O)CC2)c1)C(c1ccc(OC(F)(F)F)cc1)C1CCCC1. The number of carbonyl (C=O) groups is 2. The molecule has 2 saturated carbocycles. The molecule has 0 spiro atoms. The number of nitrogens with one attached hydrogen (secondary N) is 1. The molecule has 176 valence electrons. The highest BCUT2D eigenvalue weighted by Gasteiger charge is 2.50. The van der Waals surface area contributed by atoms with Gasteiger partial charge in [-0.05, 0) is 73.4 Å². The van der Waals surface area contributed by atoms with E-state index in [1.807, 2.05) is 6.07 Å². The smallest absolute Gasteiger partial charge is 0.481 e. The van der Waals surface area contributed by atoms with Crippen LogP contribution in [0.2, 0.25) is 0 Å². The van der Waals surface area contributed by atoms with Gasteiger partial charge in [-0.2, -0.15) is 0 Å². The largest absolute Gasteiger partial charge is 0.573 e. The van der Waals surface area contributed by atoms with Crippen LogP contribution in [0.5, 0.6) is 5.75 Å². The van der Waals surface area contributed by atoms with E-state index in [9.17, 15) is 27.9 Å². The summed E-state index contributed by atoms with van der Waals surface area (Å²) in [6, 6.07) is 12.7. The number of aliphatic carboxylic acids is 1. The molecule has 2 aliphatic carbocycles. The van der Waals surface area contributed by atoms with Crippen molar-refractivity contribution in [2.24, 2.45) is 11.3 Å². The third-order valence-electron chi connectivity index (χ3n) is 6.67. The van der Waals surface area contributed by atoms with Gasteiger partial charge in [-0.3, -0.25) is 9.59 Å². The molecule has 0 aliphatic heterocycles. The van der Waals surface area contributed by atoms with Crippen molar-refractivity contribution < 1.29 is 32.6 Å². The first-order chi connectivity index (χ1) is 15.7. The van der Waals surface area contributed by atoms with Crippen LogP contribution in [0, 0.1) is 11.3 Å². The molecule has 2 aromatic carbocycles. The second-order valence-electron chi connectivity index (χ2n) is 9.09. The van der Waals surface area contributed by atoms with E-state index in [0.29, 0.717) is 30.5 Å². The molecule has 2 fully saturated rings. The summed E-state index contributed by atoms with van der Waals surface area (Å²) in [6.45, 7) is 0. The van der Waals surface area contributed by atoms with E-state index in [2.05, 4.69) is 10.1 Å². The average molecular weight is 461 g/mol. The van der Waals surface area contributed by atoms with Gasteiger partial charge in [-0.25, -0.2) is 0 Å². The number of carboxylic acids is 1. The zero-order valence-electron chi connectivity index (χ0n) is 18.0. The number of hydrogen-bond acceptors (Lipinski definition) is 3. The van der Waals surface area contributed by atoms with Gasteiger partial charge in [0.25, 0.3) is 0 Å². The maximum absolute atomic E-state index is 13.3. The fraction of sp³-hybridized carbons (Fsp3) is 0.440. The molecule has 2 N–H and O–H groups in total. The molecular formula is C25H26F3NO4. The molecular weight excluding hydrogens is 435 g/mol. The predicted octanol–water partition coefficient (Wildman–Crippen LogP) is 5.91. The van der Waals surface area contributed by atoms with Gasteiger partial charge in [0, 0.05) is 5.69 Å². The number of alkyl halides is 3. The maximum Gasteiger partial charge on any atom is 0.573 e. The third-order valence-corrected chi connectivity index (χ3v) is 6.67. The zero-order chi connectivity index (χ0) is 23.6. The van der Waals surface area contributed by atoms with Crippen molar-refractivity contribution in [3.63, 3.8) is 0 Å². The summed E-state index contributed by atoms with van der Waals surface area (Å²) in [5, 5.41) is 12.4. The van der Waals surface area contributed by atoms with Crippen molar-refractivity contribution in [2.45, 2.75) is 57.2 Å². The van der Waals surface area contributed by atoms with Crippen molar-refractivity contribution in [3.8, 4) is 5.75 Å². The van der Waals surface area contributed by atoms with Crippen LogP contribution < -0.4 is 10.1 Å². The highest BCUT2D eigenvalue weighted by molar-refractivity contribution is 5.96. The first kappa shape index (κ1) is 23.1. The van der Waals surface area contributed by atoms with E-state index in [-0.39, 0.29) is 17.6 Å². The van der Waals surface area contributed by atoms with Gasteiger partial charge in [0.2, 0.25) is 5.91 Å². The molecule has 1 amide bonds. The lowest BCUT2D eigenvalue weighted by molar-refractivity contribution is -0.274. The number of amides is 1. The molecule has 0 saturated heterocycles. The minimum atomic E-state index is -4.77. The Kier molecular flexibility index (Phi) is 6.36. The number of ether oxygens (including phenoxy) is 1. The monoisotopic (exact) mass is 461 g/mol. The van der Waals surface area contributed by atoms with Crippen LogP contribution in [-0.2, 0) is 16.0 Å². The maximum atomic E-state index is 13.3. The molecule has 0 bridgehead atoms. The second-order valence-corrected chi connectivity index (χ2v) is 9.09. The lowest BCUT2D eigenvalue weighted by Gasteiger charge is -2.24. The number of benzene rings is 2. The topological polar surface area (TPSA) is 75.6 Å². The van der Waals surface area contributed by atoms with E-state index >= 15 is 0 Å². The molecule has 0 heterocycles. The van der Waals surface area contributed by atoms with Gasteiger partial charge in [-0.15, -0.1) is 13.2 Å². The fourth-order valence-electron chi connectivity index (χ4n) is 4.79. The minimum absolute atomic E-state index is 0.101. The summed E-state index contributed by atoms with van der Waals surface area (Å²) in [7, 11) is 0. The van der Waals surface area contributed by atoms with Gasteiger partial charge in [0.05, 0.1) is 11.3 Å². The fourth-order valence-corrected chi connectivity index (χ4v) is 4.79. The lowest BCUT2D eigenvalue weighted by atomic mass is 9.84. The number of anilines is 1. The highest BCUT2D eigenvalue weighted by Crippen LogP contribution is 2.48. The quantitative estimate of drug-likeness (QED) is 0.513. The van der Waals surface area contributed by atoms with Crippen LogP contribution in [0.25, 0.3) is 0 Å². The summed E-state index contributed by atoms with van der Waals surface area (Å²) in [4.78, 5) is 24.8. The molecule has 1 atom stereocenters. The number of rotatable bonds is 8. The number of halogens is 3. The number of carboxylic acid groups (broad SMARTS) is 1. The summed E-state index contributed by atoms with van der Waals surface area (Å²) < 4.78 is 41.4. The van der Waals surface area contributed by atoms with Gasteiger partial charge in [0.15, 0.2) is 0 Å². The van der Waals surface area contributed by atoms with Crippen LogP contribution in [0.4, 0.5) is 18.9 Å². The minimum Gasteiger partial charge on any atom is -0.481 e. The summed E-state index contributed by atoms with van der Waals surface area (Å²) in [5.41, 5.74) is 1.38. The van der Waals surface area contributed by atoms with E-state index in [0.717, 1.165) is 31.2 Å². The van der Waals surface area contributed by atoms with Gasteiger partial charge in [-0.1, -0.05) is 37.1 Å². The molecule has 2 aromatic rings. The van der Waals surface area contributed by atoms with Crippen molar-refractivity contribution in [3.05, 3.63) is 59.7 Å². The molecule has 8 heteroatoms. The zero-order valence-corrected chi connectivity index (χ0v) is 18.0. The Morgan fingerprint density at radius 1 is 1.09 bits per heavy atom. The molecule has 0 radical (unpaired) electrons. The van der Waals surface area contributed by atoms with Crippen LogP contribution in [0.1, 0.15) is 55.6 Å². The molecule has 4 rings (SSSR count). The van der Waals surface area contributed by atoms with Gasteiger partial charge < -0.3 is 15.2 Å². The Labute approximate surface area is 189 Å². The third kappa shape index (κ3) is 5.67. The van der Waals surface area contributed by atoms with Crippen LogP contribution in [0.15, 0.2) is 48.5 Å². The van der Waals surface area contributed by atoms with E-state index in [1.165, 1.54) is 24.3 Å². The highest BCUT2D eigenvalue weighted by atomic mass is 19.4. The van der Waals surface area contributed by atoms with E-state index < -0.39 is 23.7 Å². The Morgan fingerprint density at radius 2 is 1.76 bits per heavy atom. The lowest BCUT2D eigenvalue weighted by Crippen LogP contribution is -2.26. The molecule has 1 unspecified atom stereocenters. The Morgan fingerprint density at radius 3 is 2.33 bits per heavy atom. The summed E-state index contributed by atoms with van der Waals surface area (Å²) in [5.74, 6) is -1.73. The molecule has 33 heavy (non-hydrogen) atoms. The van der Waals surface area contributed by atoms with Crippen molar-refractivity contribution in [1.29, 1.82) is 0 Å².